The topological polar surface area (TPSA) is 90.4 Å². The number of rotatable bonds is 42. The zero-order chi connectivity index (χ0) is 67.7. The van der Waals surface area contributed by atoms with Gasteiger partial charge in [0.15, 0.2) is 0 Å². The maximum absolute atomic E-state index is 6.27. The van der Waals surface area contributed by atoms with Crippen molar-refractivity contribution in [3.63, 3.8) is 0 Å². The highest BCUT2D eigenvalue weighted by molar-refractivity contribution is 7.30. The Morgan fingerprint density at radius 2 is 0.760 bits per heavy atom. The largest absolute Gasteiger partial charge is 0.382 e. The molecule has 0 bridgehead atoms. The minimum atomic E-state index is 0.0990. The van der Waals surface area contributed by atoms with Gasteiger partial charge in [-0.05, 0) is 178 Å². The lowest BCUT2D eigenvalue weighted by Gasteiger charge is -2.15. The standard InChI is InChI=1S/C76H94N2O7S9.C2H6/c1-10-14-34-80-37-19-17-18-20-52-50-69(76(6,7)8)93-75(52)65-30-26-61(89-65)60-25-29-64(88-60)74-55(33-40-85-46-44-82-36-16-12-3)49-68(92-74)57-22-21-56(70-71(57)78-94-77-70)67-48-54(32-39-84-45-43-81-35-15-11-2)73(91-67)63-28-24-59(87-63)58-23-27-62(86-58)72-53(31-38-83-42-41-79-9)47-66(90-72)51(5)13-4;1-2/h13,21-30,47-50H,10-12,14-20,31-46H2,1-9H3;1-2H3/b51-13+;. The van der Waals surface area contributed by atoms with Crippen molar-refractivity contribution >= 4 is 119 Å². The van der Waals surface area contributed by atoms with Crippen LogP contribution >= 0.6 is 102 Å². The van der Waals surface area contributed by atoms with E-state index < -0.39 is 0 Å². The van der Waals surface area contributed by atoms with Gasteiger partial charge in [0, 0.05) is 123 Å². The molecule has 0 aliphatic carbocycles. The van der Waals surface area contributed by atoms with Crippen molar-refractivity contribution in [2.24, 2.45) is 0 Å². The van der Waals surface area contributed by atoms with E-state index in [9.17, 15) is 0 Å². The predicted octanol–water partition coefficient (Wildman–Crippen LogP) is 24.8. The van der Waals surface area contributed by atoms with Crippen molar-refractivity contribution in [3.05, 3.63) is 123 Å². The fourth-order valence-electron chi connectivity index (χ4n) is 10.9. The zero-order valence-corrected chi connectivity index (χ0v) is 65.8. The van der Waals surface area contributed by atoms with E-state index in [1.165, 1.54) is 137 Å². The Kier molecular flexibility index (Phi) is 31.7. The number of aromatic nitrogens is 2. The minimum absolute atomic E-state index is 0.0990. The van der Waals surface area contributed by atoms with E-state index in [1.807, 2.05) is 105 Å². The highest BCUT2D eigenvalue weighted by Gasteiger charge is 2.25. The molecule has 96 heavy (non-hydrogen) atoms. The van der Waals surface area contributed by atoms with Gasteiger partial charge in [0.2, 0.25) is 0 Å². The van der Waals surface area contributed by atoms with Crippen LogP contribution in [-0.2, 0) is 64.3 Å². The Hall–Kier alpha value is -3.90. The minimum Gasteiger partial charge on any atom is -0.382 e. The summed E-state index contributed by atoms with van der Waals surface area (Å²) in [5.41, 5.74) is 10.9. The van der Waals surface area contributed by atoms with Crippen LogP contribution in [0.25, 0.3) is 96.0 Å². The lowest BCUT2D eigenvalue weighted by molar-refractivity contribution is 0.0479. The van der Waals surface area contributed by atoms with Gasteiger partial charge in [0.05, 0.1) is 71.2 Å². The van der Waals surface area contributed by atoms with E-state index in [-0.39, 0.29) is 5.41 Å². The lowest BCUT2D eigenvalue weighted by Crippen LogP contribution is -2.08. The molecule has 0 aliphatic rings. The summed E-state index contributed by atoms with van der Waals surface area (Å²) >= 11 is 16.5. The van der Waals surface area contributed by atoms with E-state index in [0.29, 0.717) is 59.5 Å². The number of hydrogen-bond acceptors (Lipinski definition) is 18. The maximum atomic E-state index is 6.27. The van der Waals surface area contributed by atoms with Gasteiger partial charge < -0.3 is 33.2 Å². The molecule has 0 radical (unpaired) electrons. The molecule has 0 fully saturated rings. The lowest BCUT2D eigenvalue weighted by atomic mass is 9.93. The van der Waals surface area contributed by atoms with Gasteiger partial charge in [-0.1, -0.05) is 99.3 Å². The fraction of sp³-hybridized carbons (Fsp3) is 0.487. The van der Waals surface area contributed by atoms with E-state index in [1.54, 1.807) is 7.11 Å². The number of benzene rings is 1. The molecule has 9 heterocycles. The quantitative estimate of drug-likeness (QED) is 0.0347. The van der Waals surface area contributed by atoms with Crippen molar-refractivity contribution in [3.8, 4) is 79.4 Å². The van der Waals surface area contributed by atoms with Gasteiger partial charge in [0.25, 0.3) is 0 Å². The van der Waals surface area contributed by atoms with Crippen molar-refractivity contribution in [1.82, 2.24) is 8.75 Å². The Morgan fingerprint density at radius 1 is 0.385 bits per heavy atom. The van der Waals surface area contributed by atoms with Crippen LogP contribution in [0.1, 0.15) is 159 Å². The normalized spacial score (nSPS) is 12.1. The first kappa shape index (κ1) is 76.3. The van der Waals surface area contributed by atoms with Crippen molar-refractivity contribution in [2.75, 3.05) is 93.0 Å². The third-order valence-corrected chi connectivity index (χ3v) is 27.8. The molecular weight excluding hydrogens is 1370 g/mol. The predicted molar refractivity (Wildman–Crippen MR) is 423 cm³/mol. The van der Waals surface area contributed by atoms with Crippen molar-refractivity contribution < 1.29 is 33.2 Å². The Bertz CT molecular complexity index is 3930. The first-order chi connectivity index (χ1) is 47.0. The van der Waals surface area contributed by atoms with Gasteiger partial charge in [0.1, 0.15) is 11.0 Å². The zero-order valence-electron chi connectivity index (χ0n) is 58.5. The number of thiophene rings is 8. The van der Waals surface area contributed by atoms with Crippen LogP contribution in [0.15, 0.2) is 91.0 Å². The average molecular weight is 1470 g/mol. The number of nitrogens with zero attached hydrogens (tertiary/aromatic N) is 2. The van der Waals surface area contributed by atoms with Gasteiger partial charge in [-0.2, -0.15) is 8.75 Å². The maximum Gasteiger partial charge on any atom is 0.114 e. The van der Waals surface area contributed by atoms with E-state index in [0.717, 1.165) is 113 Å². The van der Waals surface area contributed by atoms with Crippen LogP contribution in [0.2, 0.25) is 0 Å². The third-order valence-electron chi connectivity index (χ3n) is 16.4. The van der Waals surface area contributed by atoms with Crippen LogP contribution in [0, 0.1) is 0 Å². The van der Waals surface area contributed by atoms with Gasteiger partial charge in [-0.3, -0.25) is 0 Å². The molecule has 0 unspecified atom stereocenters. The second kappa shape index (κ2) is 39.9. The summed E-state index contributed by atoms with van der Waals surface area (Å²) in [5.74, 6) is 0. The van der Waals surface area contributed by atoms with Crippen LogP contribution in [-0.4, -0.2) is 102 Å². The number of allylic oxidation sites excluding steroid dienone is 2. The summed E-state index contributed by atoms with van der Waals surface area (Å²) in [7, 11) is 1.72. The monoisotopic (exact) mass is 1460 g/mol. The Balaban J connectivity index is 0.00000536. The highest BCUT2D eigenvalue weighted by Crippen LogP contribution is 2.51. The Labute approximate surface area is 609 Å². The molecule has 0 atom stereocenters. The van der Waals surface area contributed by atoms with Gasteiger partial charge in [-0.15, -0.1) is 90.7 Å². The molecule has 0 saturated carbocycles. The third kappa shape index (κ3) is 21.1. The molecule has 18 heteroatoms. The molecule has 9 aromatic heterocycles. The molecule has 10 rings (SSSR count). The molecule has 0 saturated heterocycles. The smallest absolute Gasteiger partial charge is 0.114 e. The number of aryl methyl sites for hydroxylation is 1. The molecule has 0 aliphatic heterocycles. The van der Waals surface area contributed by atoms with E-state index in [2.05, 4.69) is 146 Å². The number of fused-ring (bicyclic) bond motifs is 1. The van der Waals surface area contributed by atoms with Crippen LogP contribution < -0.4 is 0 Å². The summed E-state index contributed by atoms with van der Waals surface area (Å²) in [5, 5.41) is 0. The summed E-state index contributed by atoms with van der Waals surface area (Å²) < 4.78 is 51.5. The summed E-state index contributed by atoms with van der Waals surface area (Å²) in [6.07, 6.45) is 15.9. The molecule has 518 valence electrons. The van der Waals surface area contributed by atoms with Gasteiger partial charge >= 0.3 is 0 Å². The molecule has 0 N–H and O–H groups in total. The van der Waals surface area contributed by atoms with Crippen molar-refractivity contribution in [1.29, 1.82) is 0 Å². The molecular formula is C78H100N2O7S9. The van der Waals surface area contributed by atoms with Gasteiger partial charge in [-0.25, -0.2) is 0 Å². The second-order valence-corrected chi connectivity index (χ2v) is 33.7. The summed E-state index contributed by atoms with van der Waals surface area (Å²) in [4.78, 5) is 20.8. The molecule has 9 nitrogen and oxygen atoms in total. The molecule has 10 aromatic rings. The first-order valence-corrected chi connectivity index (χ1v) is 42.0. The highest BCUT2D eigenvalue weighted by atomic mass is 32.1. The van der Waals surface area contributed by atoms with E-state index in [4.69, 9.17) is 41.9 Å². The van der Waals surface area contributed by atoms with E-state index >= 15 is 0 Å². The molecule has 1 aromatic carbocycles. The first-order valence-electron chi connectivity index (χ1n) is 34.8. The number of hydrogen-bond donors (Lipinski definition) is 0. The molecule has 0 spiro atoms. The van der Waals surface area contributed by atoms with Crippen molar-refractivity contribution in [2.45, 2.75) is 158 Å². The Morgan fingerprint density at radius 3 is 1.19 bits per heavy atom. The SMILES string of the molecule is C/C=C(\C)c1cc(CCOCCOC)c(-c2ccc(-c3ccc(-c4sc(-c5ccc(-c6cc(CCOCCOCCCC)c(-c7ccc(-c8ccc(-c9sc(C(C)(C)C)cc9CCCCCOCCCC)s8)s7)s6)c6nsnc56)cc4CCOCCOCCCC)s3)s2)s1.CC. The fourth-order valence-corrected chi connectivity index (χ4v) is 21.2. The second-order valence-electron chi connectivity index (χ2n) is 24.6. The van der Waals surface area contributed by atoms with Crippen LogP contribution in [0.3, 0.4) is 0 Å². The number of methoxy groups -OCH3 is 1. The van der Waals surface area contributed by atoms with Crippen LogP contribution in [0.5, 0.6) is 0 Å². The van der Waals surface area contributed by atoms with Crippen LogP contribution in [0.4, 0.5) is 0 Å². The summed E-state index contributed by atoms with van der Waals surface area (Å²) in [6, 6.07) is 32.8. The number of ether oxygens (including phenoxy) is 7. The number of unbranched alkanes of at least 4 members (excludes halogenated alkanes) is 5. The molecule has 0 amide bonds. The average Bonchev–Trinajstić information content (AvgIpc) is 1.60. The summed E-state index contributed by atoms with van der Waals surface area (Å²) in [6.45, 7) is 30.7.